The molecule has 1 fully saturated rings. The first kappa shape index (κ1) is 11.1. The second-order valence-corrected chi connectivity index (χ2v) is 4.34. The number of rotatable bonds is 2. The smallest absolute Gasteiger partial charge is 0.269 e. The molecule has 0 amide bonds. The summed E-state index contributed by atoms with van der Waals surface area (Å²) >= 11 is 0. The Hall–Kier alpha value is -1.42. The highest BCUT2D eigenvalue weighted by Crippen LogP contribution is 2.28. The van der Waals surface area contributed by atoms with Gasteiger partial charge in [-0.2, -0.15) is 0 Å². The first-order valence-electron chi connectivity index (χ1n) is 5.64. The predicted molar refractivity (Wildman–Crippen MR) is 62.7 cm³/mol. The van der Waals surface area contributed by atoms with Crippen molar-refractivity contribution in [2.24, 2.45) is 0 Å². The van der Waals surface area contributed by atoms with E-state index >= 15 is 0 Å². The van der Waals surface area contributed by atoms with Crippen LogP contribution in [0.1, 0.15) is 29.9 Å². The largest absolute Gasteiger partial charge is 0.316 e. The van der Waals surface area contributed by atoms with Crippen LogP contribution in [0.4, 0.5) is 5.69 Å². The van der Waals surface area contributed by atoms with Crippen LogP contribution < -0.4 is 5.32 Å². The normalized spacial score (nSPS) is 20.7. The molecule has 0 aliphatic carbocycles. The molecule has 0 aromatic heterocycles. The van der Waals surface area contributed by atoms with Crippen LogP contribution in [0, 0.1) is 17.0 Å². The van der Waals surface area contributed by atoms with Gasteiger partial charge in [0.2, 0.25) is 0 Å². The van der Waals surface area contributed by atoms with Gasteiger partial charge in [0.05, 0.1) is 4.92 Å². The summed E-state index contributed by atoms with van der Waals surface area (Å²) in [6, 6.07) is 5.16. The molecule has 0 radical (unpaired) electrons. The Morgan fingerprint density at radius 2 is 2.31 bits per heavy atom. The third-order valence-electron chi connectivity index (χ3n) is 3.21. The third kappa shape index (κ3) is 2.22. The summed E-state index contributed by atoms with van der Waals surface area (Å²) in [5, 5.41) is 14.1. The average molecular weight is 220 g/mol. The average Bonchev–Trinajstić information content (AvgIpc) is 2.30. The molecule has 0 saturated carbocycles. The minimum Gasteiger partial charge on any atom is -0.316 e. The van der Waals surface area contributed by atoms with Gasteiger partial charge in [-0.1, -0.05) is 6.07 Å². The van der Waals surface area contributed by atoms with Crippen LogP contribution in [0.3, 0.4) is 0 Å². The quantitative estimate of drug-likeness (QED) is 0.615. The molecule has 1 aromatic carbocycles. The molecule has 16 heavy (non-hydrogen) atoms. The first-order chi connectivity index (χ1) is 7.68. The number of benzene rings is 1. The molecule has 1 unspecified atom stereocenters. The van der Waals surface area contributed by atoms with Gasteiger partial charge in [-0.25, -0.2) is 0 Å². The Morgan fingerprint density at radius 1 is 1.50 bits per heavy atom. The van der Waals surface area contributed by atoms with Gasteiger partial charge in [-0.15, -0.1) is 0 Å². The highest BCUT2D eigenvalue weighted by Gasteiger charge is 2.19. The molecule has 0 bridgehead atoms. The van der Waals surface area contributed by atoms with Gasteiger partial charge in [0.15, 0.2) is 0 Å². The zero-order chi connectivity index (χ0) is 11.5. The number of hydrogen-bond donors (Lipinski definition) is 1. The van der Waals surface area contributed by atoms with E-state index in [0.29, 0.717) is 5.92 Å². The van der Waals surface area contributed by atoms with Gasteiger partial charge in [-0.3, -0.25) is 10.1 Å². The van der Waals surface area contributed by atoms with Gasteiger partial charge in [0, 0.05) is 18.7 Å². The molecule has 1 aliphatic rings. The van der Waals surface area contributed by atoms with E-state index in [1.807, 2.05) is 13.0 Å². The summed E-state index contributed by atoms with van der Waals surface area (Å²) in [6.45, 7) is 4.01. The van der Waals surface area contributed by atoms with Crippen LogP contribution in [0.15, 0.2) is 18.2 Å². The van der Waals surface area contributed by atoms with Gasteiger partial charge in [-0.05, 0) is 43.4 Å². The van der Waals surface area contributed by atoms with Gasteiger partial charge >= 0.3 is 0 Å². The standard InChI is InChI=1S/C12H16N2O2/c1-9-4-5-11(14(15)16)7-12(9)10-3-2-6-13-8-10/h4-5,7,10,13H,2-3,6,8H2,1H3. The lowest BCUT2D eigenvalue weighted by atomic mass is 9.88. The second-order valence-electron chi connectivity index (χ2n) is 4.34. The van der Waals surface area contributed by atoms with Crippen molar-refractivity contribution < 1.29 is 4.92 Å². The molecule has 4 nitrogen and oxygen atoms in total. The molecular weight excluding hydrogens is 204 g/mol. The highest BCUT2D eigenvalue weighted by molar-refractivity contribution is 5.41. The topological polar surface area (TPSA) is 55.2 Å². The molecule has 86 valence electrons. The molecule has 1 N–H and O–H groups in total. The van der Waals surface area contributed by atoms with Crippen molar-refractivity contribution in [1.29, 1.82) is 0 Å². The van der Waals surface area contributed by atoms with Crippen LogP contribution in [0.2, 0.25) is 0 Å². The second kappa shape index (κ2) is 4.61. The van der Waals surface area contributed by atoms with E-state index in [4.69, 9.17) is 0 Å². The molecule has 1 aliphatic heterocycles. The molecule has 1 heterocycles. The molecular formula is C12H16N2O2. The third-order valence-corrected chi connectivity index (χ3v) is 3.21. The van der Waals surface area contributed by atoms with Crippen molar-refractivity contribution in [3.05, 3.63) is 39.4 Å². The molecule has 0 spiro atoms. The lowest BCUT2D eigenvalue weighted by molar-refractivity contribution is -0.384. The lowest BCUT2D eigenvalue weighted by Gasteiger charge is -2.24. The van der Waals surface area contributed by atoms with Crippen LogP contribution in [0.25, 0.3) is 0 Å². The monoisotopic (exact) mass is 220 g/mol. The van der Waals surface area contributed by atoms with Crippen molar-refractivity contribution in [2.75, 3.05) is 13.1 Å². The van der Waals surface area contributed by atoms with Gasteiger partial charge in [0.1, 0.15) is 0 Å². The highest BCUT2D eigenvalue weighted by atomic mass is 16.6. The zero-order valence-corrected chi connectivity index (χ0v) is 9.40. The summed E-state index contributed by atoms with van der Waals surface area (Å²) in [6.07, 6.45) is 2.27. The molecule has 4 heteroatoms. The van der Waals surface area contributed by atoms with E-state index in [9.17, 15) is 10.1 Å². The minimum absolute atomic E-state index is 0.200. The number of aryl methyl sites for hydroxylation is 1. The van der Waals surface area contributed by atoms with E-state index in [0.717, 1.165) is 37.1 Å². The van der Waals surface area contributed by atoms with Crippen LogP contribution >= 0.6 is 0 Å². The van der Waals surface area contributed by atoms with Gasteiger partial charge < -0.3 is 5.32 Å². The number of piperidine rings is 1. The van der Waals surface area contributed by atoms with Crippen LogP contribution in [-0.2, 0) is 0 Å². The van der Waals surface area contributed by atoms with Crippen molar-refractivity contribution in [3.8, 4) is 0 Å². The van der Waals surface area contributed by atoms with E-state index in [2.05, 4.69) is 5.32 Å². The maximum atomic E-state index is 10.7. The fourth-order valence-electron chi connectivity index (χ4n) is 2.30. The number of nitrogens with zero attached hydrogens (tertiary/aromatic N) is 1. The van der Waals surface area contributed by atoms with Crippen LogP contribution in [-0.4, -0.2) is 18.0 Å². The Morgan fingerprint density at radius 3 is 2.94 bits per heavy atom. The molecule has 1 saturated heterocycles. The zero-order valence-electron chi connectivity index (χ0n) is 9.40. The van der Waals surface area contributed by atoms with E-state index in [1.165, 1.54) is 0 Å². The maximum Gasteiger partial charge on any atom is 0.269 e. The maximum absolute atomic E-state index is 10.7. The van der Waals surface area contributed by atoms with Crippen molar-refractivity contribution in [2.45, 2.75) is 25.7 Å². The number of hydrogen-bond acceptors (Lipinski definition) is 3. The number of nitro groups is 1. The summed E-state index contributed by atoms with van der Waals surface area (Å²) in [4.78, 5) is 10.4. The summed E-state index contributed by atoms with van der Waals surface area (Å²) in [5.41, 5.74) is 2.48. The van der Waals surface area contributed by atoms with E-state index in [1.54, 1.807) is 12.1 Å². The predicted octanol–water partition coefficient (Wildman–Crippen LogP) is 2.37. The molecule has 1 atom stereocenters. The number of non-ortho nitro benzene ring substituents is 1. The number of nitro benzene ring substituents is 1. The van der Waals surface area contributed by atoms with E-state index in [-0.39, 0.29) is 10.6 Å². The SMILES string of the molecule is Cc1ccc([N+](=O)[O-])cc1C1CCCNC1. The number of nitrogens with one attached hydrogen (secondary N) is 1. The summed E-state index contributed by atoms with van der Waals surface area (Å²) < 4.78 is 0. The van der Waals surface area contributed by atoms with Crippen LogP contribution in [0.5, 0.6) is 0 Å². The van der Waals surface area contributed by atoms with Crippen molar-refractivity contribution in [3.63, 3.8) is 0 Å². The van der Waals surface area contributed by atoms with E-state index < -0.39 is 0 Å². The lowest BCUT2D eigenvalue weighted by Crippen LogP contribution is -2.28. The summed E-state index contributed by atoms with van der Waals surface area (Å²) in [5.74, 6) is 0.425. The van der Waals surface area contributed by atoms with Crippen molar-refractivity contribution >= 4 is 5.69 Å². The fourth-order valence-corrected chi connectivity index (χ4v) is 2.30. The fraction of sp³-hybridized carbons (Fsp3) is 0.500. The van der Waals surface area contributed by atoms with Crippen molar-refractivity contribution in [1.82, 2.24) is 5.32 Å². The first-order valence-corrected chi connectivity index (χ1v) is 5.64. The molecule has 2 rings (SSSR count). The Balaban J connectivity index is 2.30. The van der Waals surface area contributed by atoms with Gasteiger partial charge in [0.25, 0.3) is 5.69 Å². The Kier molecular flexibility index (Phi) is 3.19. The Bertz CT molecular complexity index is 398. The minimum atomic E-state index is -0.320. The summed E-state index contributed by atoms with van der Waals surface area (Å²) in [7, 11) is 0. The molecule has 1 aromatic rings. The Labute approximate surface area is 94.8 Å².